The number of aromatic nitrogens is 1. The Hall–Kier alpha value is -3.25. The highest BCUT2D eigenvalue weighted by Gasteiger charge is 2.41. The molecule has 2 N–H and O–H groups in total. The minimum Gasteiger partial charge on any atom is -0.506 e. The van der Waals surface area contributed by atoms with Gasteiger partial charge in [0.1, 0.15) is 5.75 Å². The van der Waals surface area contributed by atoms with Crippen LogP contribution in [0, 0.1) is 0 Å². The van der Waals surface area contributed by atoms with Gasteiger partial charge in [0.25, 0.3) is 5.91 Å². The molecule has 1 atom stereocenters. The molecular weight excluding hydrogens is 414 g/mol. The minimum absolute atomic E-state index is 0.0141. The number of hydrogen-bond donors (Lipinski definition) is 2. The molecule has 0 radical (unpaired) electrons. The van der Waals surface area contributed by atoms with E-state index < -0.39 is 5.92 Å². The van der Waals surface area contributed by atoms with Crippen LogP contribution in [0.2, 0.25) is 5.02 Å². The van der Waals surface area contributed by atoms with Crippen LogP contribution < -0.4 is 5.32 Å². The molecule has 2 aromatic carbocycles. The summed E-state index contributed by atoms with van der Waals surface area (Å²) in [5.41, 5.74) is 4.99. The van der Waals surface area contributed by atoms with E-state index in [-0.39, 0.29) is 35.2 Å². The molecule has 0 fully saturated rings. The summed E-state index contributed by atoms with van der Waals surface area (Å²) in [6.45, 7) is 5.84. The van der Waals surface area contributed by atoms with Gasteiger partial charge in [0.15, 0.2) is 0 Å². The lowest BCUT2D eigenvalue weighted by molar-refractivity contribution is -0.139. The number of amides is 2. The maximum atomic E-state index is 13.4. The molecule has 7 heteroatoms. The molecule has 0 bridgehead atoms. The van der Waals surface area contributed by atoms with Gasteiger partial charge in [-0.2, -0.15) is 0 Å². The third kappa shape index (κ3) is 2.86. The lowest BCUT2D eigenvalue weighted by Crippen LogP contribution is -2.33. The molecule has 5 rings (SSSR count). The third-order valence-corrected chi connectivity index (χ3v) is 6.43. The second kappa shape index (κ2) is 6.89. The van der Waals surface area contributed by atoms with E-state index in [1.165, 1.54) is 11.8 Å². The van der Waals surface area contributed by atoms with Crippen LogP contribution in [0.5, 0.6) is 5.75 Å². The summed E-state index contributed by atoms with van der Waals surface area (Å²) in [5, 5.41) is 14.7. The molecule has 0 unspecified atom stereocenters. The van der Waals surface area contributed by atoms with Crippen molar-refractivity contribution in [1.82, 2.24) is 9.47 Å². The first-order valence-electron chi connectivity index (χ1n) is 10.2. The summed E-state index contributed by atoms with van der Waals surface area (Å²) in [6, 6.07) is 11.3. The second-order valence-electron chi connectivity index (χ2n) is 8.36. The van der Waals surface area contributed by atoms with E-state index >= 15 is 0 Å². The fourth-order valence-corrected chi connectivity index (χ4v) is 4.90. The second-order valence-corrected chi connectivity index (χ2v) is 8.76. The van der Waals surface area contributed by atoms with Crippen molar-refractivity contribution in [1.29, 1.82) is 0 Å². The zero-order chi connectivity index (χ0) is 22.0. The predicted octanol–water partition coefficient (Wildman–Crippen LogP) is 4.78. The lowest BCUT2D eigenvalue weighted by Gasteiger charge is -2.20. The summed E-state index contributed by atoms with van der Waals surface area (Å²) in [5.74, 6) is -1.04. The molecular formula is C24H22ClN3O3. The average molecular weight is 436 g/mol. The van der Waals surface area contributed by atoms with E-state index in [1.54, 1.807) is 18.2 Å². The number of halogens is 1. The standard InChI is InChI=1S/C24H22ClN3O3/c1-12(2)27-10-15-21(14-7-8-20(30)16(25)9-14)23-18(11-28(13(3)29)24(23)31)26-17-5-4-6-19(27)22(15)17/h4-10,12,21,26,30H,11H2,1-3H3/t21-/m0/s1. The smallest absolute Gasteiger partial charge is 0.259 e. The predicted molar refractivity (Wildman–Crippen MR) is 120 cm³/mol. The minimum atomic E-state index is -0.427. The number of phenols is 1. The van der Waals surface area contributed by atoms with Gasteiger partial charge in [-0.15, -0.1) is 0 Å². The molecule has 0 saturated carbocycles. The first-order valence-corrected chi connectivity index (χ1v) is 10.6. The zero-order valence-electron chi connectivity index (χ0n) is 17.4. The molecule has 0 saturated heterocycles. The summed E-state index contributed by atoms with van der Waals surface area (Å²) in [4.78, 5) is 26.8. The van der Waals surface area contributed by atoms with Crippen LogP contribution in [0.25, 0.3) is 10.9 Å². The molecule has 31 heavy (non-hydrogen) atoms. The van der Waals surface area contributed by atoms with Gasteiger partial charge in [-0.25, -0.2) is 0 Å². The molecule has 2 amide bonds. The third-order valence-electron chi connectivity index (χ3n) is 6.13. The Bertz CT molecular complexity index is 1300. The number of nitrogens with one attached hydrogen (secondary N) is 1. The molecule has 1 aromatic heterocycles. The number of hydrogen-bond acceptors (Lipinski definition) is 4. The van der Waals surface area contributed by atoms with Crippen molar-refractivity contribution in [2.75, 3.05) is 11.9 Å². The Morgan fingerprint density at radius 1 is 1.26 bits per heavy atom. The summed E-state index contributed by atoms with van der Waals surface area (Å²) in [6.07, 6.45) is 2.09. The van der Waals surface area contributed by atoms with E-state index in [9.17, 15) is 14.7 Å². The SMILES string of the molecule is CC(=O)N1CC2=C(C1=O)[C@@H](c1ccc(O)c(Cl)c1)c1cn(C(C)C)c3cccc(c13)N2. The van der Waals surface area contributed by atoms with Crippen molar-refractivity contribution >= 4 is 40.0 Å². The maximum absolute atomic E-state index is 13.4. The fourth-order valence-electron chi connectivity index (χ4n) is 4.71. The van der Waals surface area contributed by atoms with E-state index in [0.717, 1.165) is 27.7 Å². The molecule has 0 spiro atoms. The van der Waals surface area contributed by atoms with Crippen LogP contribution in [0.1, 0.15) is 43.9 Å². The van der Waals surface area contributed by atoms with E-state index in [0.29, 0.717) is 11.3 Å². The van der Waals surface area contributed by atoms with Gasteiger partial charge < -0.3 is 15.0 Å². The van der Waals surface area contributed by atoms with Crippen molar-refractivity contribution in [3.8, 4) is 5.75 Å². The van der Waals surface area contributed by atoms with Gasteiger partial charge in [0.2, 0.25) is 5.91 Å². The van der Waals surface area contributed by atoms with Crippen molar-refractivity contribution in [3.05, 3.63) is 70.0 Å². The van der Waals surface area contributed by atoms with E-state index in [4.69, 9.17) is 11.6 Å². The summed E-state index contributed by atoms with van der Waals surface area (Å²) >= 11 is 6.25. The number of carbonyl (C=O) groups is 2. The van der Waals surface area contributed by atoms with Gasteiger partial charge >= 0.3 is 0 Å². The highest BCUT2D eigenvalue weighted by atomic mass is 35.5. The van der Waals surface area contributed by atoms with Crippen LogP contribution in [0.3, 0.4) is 0 Å². The maximum Gasteiger partial charge on any atom is 0.259 e. The topological polar surface area (TPSA) is 74.6 Å². The lowest BCUT2D eigenvalue weighted by atomic mass is 9.84. The monoisotopic (exact) mass is 435 g/mol. The highest BCUT2D eigenvalue weighted by Crippen LogP contribution is 2.47. The molecule has 3 heterocycles. The highest BCUT2D eigenvalue weighted by molar-refractivity contribution is 6.32. The quantitative estimate of drug-likeness (QED) is 0.607. The van der Waals surface area contributed by atoms with Crippen LogP contribution in [0.4, 0.5) is 5.69 Å². The summed E-state index contributed by atoms with van der Waals surface area (Å²) in [7, 11) is 0. The van der Waals surface area contributed by atoms with Crippen LogP contribution in [-0.4, -0.2) is 32.9 Å². The van der Waals surface area contributed by atoms with E-state index in [2.05, 4.69) is 36.0 Å². The number of imide groups is 1. The zero-order valence-corrected chi connectivity index (χ0v) is 18.2. The number of carbonyl (C=O) groups excluding carboxylic acids is 2. The molecule has 6 nitrogen and oxygen atoms in total. The average Bonchev–Trinajstić information content (AvgIpc) is 3.21. The number of anilines is 1. The van der Waals surface area contributed by atoms with E-state index in [1.807, 2.05) is 12.1 Å². The summed E-state index contributed by atoms with van der Waals surface area (Å²) < 4.78 is 2.19. The van der Waals surface area contributed by atoms with Gasteiger partial charge in [0, 0.05) is 41.9 Å². The molecule has 2 aliphatic heterocycles. The Kier molecular flexibility index (Phi) is 4.38. The largest absolute Gasteiger partial charge is 0.506 e. The first-order chi connectivity index (χ1) is 14.8. The molecule has 2 aliphatic rings. The number of phenolic OH excluding ortho intramolecular Hbond substituents is 1. The van der Waals surface area contributed by atoms with Gasteiger partial charge in [0.05, 0.1) is 22.7 Å². The Labute approximate surface area is 184 Å². The molecule has 3 aromatic rings. The number of rotatable bonds is 2. The van der Waals surface area contributed by atoms with Gasteiger partial charge in [-0.05, 0) is 49.2 Å². The Balaban J connectivity index is 1.83. The fraction of sp³-hybridized carbons (Fsp3) is 0.250. The van der Waals surface area contributed by atoms with Crippen molar-refractivity contribution in [2.45, 2.75) is 32.7 Å². The van der Waals surface area contributed by atoms with Crippen molar-refractivity contribution in [2.24, 2.45) is 0 Å². The molecule has 0 aliphatic carbocycles. The Morgan fingerprint density at radius 3 is 2.71 bits per heavy atom. The normalized spacial score (nSPS) is 17.9. The van der Waals surface area contributed by atoms with Crippen LogP contribution in [0.15, 0.2) is 53.9 Å². The van der Waals surface area contributed by atoms with Gasteiger partial charge in [-0.3, -0.25) is 14.5 Å². The molecule has 158 valence electrons. The number of benzene rings is 2. The van der Waals surface area contributed by atoms with Crippen molar-refractivity contribution in [3.63, 3.8) is 0 Å². The Morgan fingerprint density at radius 2 is 2.03 bits per heavy atom. The van der Waals surface area contributed by atoms with Crippen LogP contribution in [-0.2, 0) is 9.59 Å². The number of nitrogens with zero attached hydrogens (tertiary/aromatic N) is 2. The first kappa shape index (κ1) is 19.7. The van der Waals surface area contributed by atoms with Crippen molar-refractivity contribution < 1.29 is 14.7 Å². The van der Waals surface area contributed by atoms with Crippen LogP contribution >= 0.6 is 11.6 Å². The van der Waals surface area contributed by atoms with Gasteiger partial charge in [-0.1, -0.05) is 23.7 Å². The number of aromatic hydroxyl groups is 1.